The fourth-order valence-corrected chi connectivity index (χ4v) is 1.65. The van der Waals surface area contributed by atoms with Crippen molar-refractivity contribution in [2.24, 2.45) is 7.05 Å². The largest absolute Gasteiger partial charge is 0.351 e. The number of rotatable bonds is 4. The smallest absolute Gasteiger partial charge is 0.254 e. The van der Waals surface area contributed by atoms with Crippen LogP contribution in [0.25, 0.3) is 0 Å². The molecule has 1 N–H and O–H groups in total. The van der Waals surface area contributed by atoms with Gasteiger partial charge in [0.25, 0.3) is 5.91 Å². The minimum Gasteiger partial charge on any atom is -0.351 e. The molecule has 1 amide bonds. The topological polar surface area (TPSA) is 72.7 Å². The third-order valence-electron chi connectivity index (χ3n) is 2.33. The van der Waals surface area contributed by atoms with Gasteiger partial charge in [-0.05, 0) is 6.07 Å². The van der Waals surface area contributed by atoms with E-state index in [0.29, 0.717) is 18.8 Å². The molecule has 0 fully saturated rings. The van der Waals surface area contributed by atoms with E-state index in [1.165, 1.54) is 0 Å². The number of nitrogens with one attached hydrogen (secondary N) is 1. The standard InChI is InChI=1S/C11H11ClFN5O/c1-18-6-16-9(17-18)2-3-14-11(19)8-4-7(13)5-15-10(8)12/h4-6H,2-3H2,1H3,(H,14,19). The molecule has 8 heteroatoms. The summed E-state index contributed by atoms with van der Waals surface area (Å²) in [6, 6.07) is 1.05. The summed E-state index contributed by atoms with van der Waals surface area (Å²) in [7, 11) is 1.76. The lowest BCUT2D eigenvalue weighted by Gasteiger charge is -2.05. The van der Waals surface area contributed by atoms with E-state index in [1.54, 1.807) is 18.1 Å². The molecule has 0 unspecified atom stereocenters. The summed E-state index contributed by atoms with van der Waals surface area (Å²) in [5.74, 6) is -0.472. The maximum absolute atomic E-state index is 13.0. The Morgan fingerprint density at radius 3 is 3.00 bits per heavy atom. The summed E-state index contributed by atoms with van der Waals surface area (Å²) < 4.78 is 14.5. The molecule has 0 aliphatic heterocycles. The molecule has 0 aromatic carbocycles. The summed E-state index contributed by atoms with van der Waals surface area (Å²) in [6.45, 7) is 0.329. The third-order valence-corrected chi connectivity index (χ3v) is 2.63. The number of carbonyl (C=O) groups excluding carboxylic acids is 1. The average molecular weight is 284 g/mol. The summed E-state index contributed by atoms with van der Waals surface area (Å²) in [5, 5.41) is 6.64. The number of aromatic nitrogens is 4. The van der Waals surface area contributed by atoms with Gasteiger partial charge in [0.05, 0.1) is 11.8 Å². The van der Waals surface area contributed by atoms with Gasteiger partial charge in [-0.3, -0.25) is 9.48 Å². The molecule has 0 radical (unpaired) electrons. The monoisotopic (exact) mass is 283 g/mol. The second-order valence-corrected chi connectivity index (χ2v) is 4.19. The highest BCUT2D eigenvalue weighted by Gasteiger charge is 2.12. The van der Waals surface area contributed by atoms with Crippen LogP contribution < -0.4 is 5.32 Å². The molecular formula is C11H11ClFN5O. The van der Waals surface area contributed by atoms with Crippen LogP contribution in [0.4, 0.5) is 4.39 Å². The maximum atomic E-state index is 13.0. The molecular weight excluding hydrogens is 273 g/mol. The SMILES string of the molecule is Cn1cnc(CCNC(=O)c2cc(F)cnc2Cl)n1. The van der Waals surface area contributed by atoms with Gasteiger partial charge >= 0.3 is 0 Å². The van der Waals surface area contributed by atoms with Crippen molar-refractivity contribution >= 4 is 17.5 Å². The van der Waals surface area contributed by atoms with Gasteiger partial charge in [0, 0.05) is 20.0 Å². The molecule has 2 heterocycles. The van der Waals surface area contributed by atoms with E-state index in [1.807, 2.05) is 0 Å². The predicted molar refractivity (Wildman–Crippen MR) is 66.2 cm³/mol. The van der Waals surface area contributed by atoms with Gasteiger partial charge in [-0.25, -0.2) is 14.4 Å². The molecule has 6 nitrogen and oxygen atoms in total. The van der Waals surface area contributed by atoms with Crippen molar-refractivity contribution in [2.75, 3.05) is 6.54 Å². The van der Waals surface area contributed by atoms with Gasteiger partial charge in [-0.2, -0.15) is 5.10 Å². The molecule has 2 rings (SSSR count). The minimum absolute atomic E-state index is 0.00986. The van der Waals surface area contributed by atoms with Gasteiger partial charge in [0.1, 0.15) is 17.3 Å². The molecule has 100 valence electrons. The first-order chi connectivity index (χ1) is 9.06. The molecule has 2 aromatic heterocycles. The first-order valence-corrected chi connectivity index (χ1v) is 5.88. The number of aryl methyl sites for hydroxylation is 1. The summed E-state index contributed by atoms with van der Waals surface area (Å²) in [6.07, 6.45) is 3.01. The fourth-order valence-electron chi connectivity index (χ4n) is 1.46. The second-order valence-electron chi connectivity index (χ2n) is 3.83. The highest BCUT2D eigenvalue weighted by molar-refractivity contribution is 6.32. The predicted octanol–water partition coefficient (Wildman–Crippen LogP) is 0.975. The van der Waals surface area contributed by atoms with Crippen LogP contribution in [0.3, 0.4) is 0 Å². The van der Waals surface area contributed by atoms with Crippen molar-refractivity contribution < 1.29 is 9.18 Å². The van der Waals surface area contributed by atoms with Crippen LogP contribution in [-0.4, -0.2) is 32.2 Å². The Kier molecular flexibility index (Phi) is 4.06. The highest BCUT2D eigenvalue weighted by Crippen LogP contribution is 2.13. The van der Waals surface area contributed by atoms with Crippen molar-refractivity contribution in [3.8, 4) is 0 Å². The summed E-state index contributed by atoms with van der Waals surface area (Å²) in [5.41, 5.74) is 0.00986. The lowest BCUT2D eigenvalue weighted by atomic mass is 10.2. The van der Waals surface area contributed by atoms with Gasteiger partial charge in [-0.15, -0.1) is 0 Å². The van der Waals surface area contributed by atoms with Crippen LogP contribution in [0.15, 0.2) is 18.6 Å². The Balaban J connectivity index is 1.92. The van der Waals surface area contributed by atoms with Crippen molar-refractivity contribution in [3.05, 3.63) is 40.9 Å². The fraction of sp³-hybridized carbons (Fsp3) is 0.273. The van der Waals surface area contributed by atoms with Gasteiger partial charge in [0.2, 0.25) is 0 Å². The number of hydrogen-bond acceptors (Lipinski definition) is 4. The number of halogens is 2. The van der Waals surface area contributed by atoms with Gasteiger partial charge < -0.3 is 5.32 Å². The number of pyridine rings is 1. The Morgan fingerprint density at radius 1 is 1.53 bits per heavy atom. The Labute approximate surface area is 113 Å². The Hall–Kier alpha value is -2.02. The Morgan fingerprint density at radius 2 is 2.32 bits per heavy atom. The van der Waals surface area contributed by atoms with Crippen LogP contribution in [0.1, 0.15) is 16.2 Å². The summed E-state index contributed by atoms with van der Waals surface area (Å²) >= 11 is 5.72. The third kappa shape index (κ3) is 3.47. The zero-order valence-electron chi connectivity index (χ0n) is 10.1. The van der Waals surface area contributed by atoms with Crippen molar-refractivity contribution in [2.45, 2.75) is 6.42 Å². The van der Waals surface area contributed by atoms with Crippen LogP contribution in [0.2, 0.25) is 5.15 Å². The number of carbonyl (C=O) groups is 1. The van der Waals surface area contributed by atoms with Crippen LogP contribution in [0, 0.1) is 5.82 Å². The first kappa shape index (κ1) is 13.4. The minimum atomic E-state index is -0.610. The zero-order valence-corrected chi connectivity index (χ0v) is 10.9. The second kappa shape index (κ2) is 5.75. The zero-order chi connectivity index (χ0) is 13.8. The first-order valence-electron chi connectivity index (χ1n) is 5.50. The maximum Gasteiger partial charge on any atom is 0.254 e. The van der Waals surface area contributed by atoms with Gasteiger partial charge in [-0.1, -0.05) is 11.6 Å². The lowest BCUT2D eigenvalue weighted by molar-refractivity contribution is 0.0953. The van der Waals surface area contributed by atoms with Gasteiger partial charge in [0.15, 0.2) is 5.82 Å². The molecule has 0 atom stereocenters. The molecule has 0 saturated carbocycles. The molecule has 2 aromatic rings. The number of amides is 1. The van der Waals surface area contributed by atoms with Crippen molar-refractivity contribution in [1.82, 2.24) is 25.1 Å². The number of nitrogens with zero attached hydrogens (tertiary/aromatic N) is 4. The lowest BCUT2D eigenvalue weighted by Crippen LogP contribution is -2.26. The van der Waals surface area contributed by atoms with E-state index >= 15 is 0 Å². The van der Waals surface area contributed by atoms with E-state index in [9.17, 15) is 9.18 Å². The van der Waals surface area contributed by atoms with Crippen molar-refractivity contribution in [1.29, 1.82) is 0 Å². The van der Waals surface area contributed by atoms with Crippen LogP contribution >= 0.6 is 11.6 Å². The average Bonchev–Trinajstić information content (AvgIpc) is 2.78. The molecule has 0 spiro atoms. The normalized spacial score (nSPS) is 10.5. The van der Waals surface area contributed by atoms with E-state index < -0.39 is 11.7 Å². The quantitative estimate of drug-likeness (QED) is 0.849. The molecule has 0 aliphatic rings. The van der Waals surface area contributed by atoms with E-state index in [4.69, 9.17) is 11.6 Å². The van der Waals surface area contributed by atoms with E-state index in [0.717, 1.165) is 12.3 Å². The Bertz CT molecular complexity index is 601. The van der Waals surface area contributed by atoms with Crippen molar-refractivity contribution in [3.63, 3.8) is 0 Å². The van der Waals surface area contributed by atoms with E-state index in [-0.39, 0.29) is 10.7 Å². The number of hydrogen-bond donors (Lipinski definition) is 1. The van der Waals surface area contributed by atoms with E-state index in [2.05, 4.69) is 20.4 Å². The molecule has 0 aliphatic carbocycles. The summed E-state index contributed by atoms with van der Waals surface area (Å²) in [4.78, 5) is 19.4. The van der Waals surface area contributed by atoms with Crippen LogP contribution in [-0.2, 0) is 13.5 Å². The molecule has 0 saturated heterocycles. The highest BCUT2D eigenvalue weighted by atomic mass is 35.5. The van der Waals surface area contributed by atoms with Crippen LogP contribution in [0.5, 0.6) is 0 Å². The molecule has 0 bridgehead atoms. The molecule has 19 heavy (non-hydrogen) atoms.